The summed E-state index contributed by atoms with van der Waals surface area (Å²) in [4.78, 5) is 49.7. The zero-order valence-electron chi connectivity index (χ0n) is 28.1. The van der Waals surface area contributed by atoms with E-state index in [1.807, 2.05) is 90.1 Å². The Balaban J connectivity index is 1.65. The highest BCUT2D eigenvalue weighted by atomic mass is 16.5. The fraction of sp³-hybridized carbons (Fsp3) is 0.500. The smallest absolute Gasteiger partial charge is 0.253 e. The monoisotopic (exact) mass is 627 g/mol. The minimum atomic E-state index is -1.24. The standard InChI is InChI=1S/C38H49N3O5/c1-9-18-39(22-28-14-12-11-13-15-28)34(43)31-32-35(44)41(30(23-42)24(3)4)33(38(32)21-27(7)37(31,8)46-38)36(45)40(19-10-2)29-20-25(5)16-17-26(29)6/h9-17,20,24,27,30-33,42H,1-2,18-19,21-23H2,3-8H3/t27?,30-,31-,32-,33?,37+,38?/m0/s1. The Hall–Kier alpha value is -3.75. The summed E-state index contributed by atoms with van der Waals surface area (Å²) in [7, 11) is 0. The van der Waals surface area contributed by atoms with Crippen molar-refractivity contribution in [3.63, 3.8) is 0 Å². The minimum absolute atomic E-state index is 0.108. The number of hydrogen-bond donors (Lipinski definition) is 1. The third-order valence-corrected chi connectivity index (χ3v) is 10.7. The molecule has 3 heterocycles. The van der Waals surface area contributed by atoms with Crippen molar-refractivity contribution in [2.24, 2.45) is 23.7 Å². The molecule has 7 atom stereocenters. The van der Waals surface area contributed by atoms with E-state index in [2.05, 4.69) is 13.2 Å². The lowest BCUT2D eigenvalue weighted by Gasteiger charge is -2.41. The number of aliphatic hydroxyl groups excluding tert-OH is 1. The fourth-order valence-electron chi connectivity index (χ4n) is 8.29. The number of carbonyl (C=O) groups is 3. The van der Waals surface area contributed by atoms with Gasteiger partial charge >= 0.3 is 0 Å². The number of ether oxygens (including phenoxy) is 1. The molecule has 3 amide bonds. The molecule has 3 aliphatic heterocycles. The first kappa shape index (κ1) is 33.6. The van der Waals surface area contributed by atoms with Gasteiger partial charge in [0.25, 0.3) is 5.91 Å². The third-order valence-electron chi connectivity index (χ3n) is 10.7. The molecular weight excluding hydrogens is 578 g/mol. The van der Waals surface area contributed by atoms with Crippen molar-refractivity contribution in [3.8, 4) is 0 Å². The molecule has 46 heavy (non-hydrogen) atoms. The van der Waals surface area contributed by atoms with Crippen LogP contribution in [0.25, 0.3) is 0 Å². The quantitative estimate of drug-likeness (QED) is 0.332. The summed E-state index contributed by atoms with van der Waals surface area (Å²) in [5.41, 5.74) is 1.41. The minimum Gasteiger partial charge on any atom is -0.394 e. The van der Waals surface area contributed by atoms with Crippen LogP contribution in [-0.2, 0) is 25.7 Å². The highest BCUT2D eigenvalue weighted by Gasteiger charge is 2.80. The number of rotatable bonds is 12. The Bertz CT molecular complexity index is 1510. The average Bonchev–Trinajstić information content (AvgIpc) is 3.53. The van der Waals surface area contributed by atoms with E-state index >= 15 is 4.79 Å². The van der Waals surface area contributed by atoms with Gasteiger partial charge in [-0.3, -0.25) is 14.4 Å². The van der Waals surface area contributed by atoms with E-state index in [4.69, 9.17) is 4.74 Å². The number of likely N-dealkylation sites (tertiary alicyclic amines) is 1. The number of nitrogens with zero attached hydrogens (tertiary/aromatic N) is 3. The number of hydrogen-bond acceptors (Lipinski definition) is 5. The number of amides is 3. The molecule has 8 nitrogen and oxygen atoms in total. The summed E-state index contributed by atoms with van der Waals surface area (Å²) in [5, 5.41) is 10.7. The molecule has 2 bridgehead atoms. The molecule has 3 saturated heterocycles. The first-order valence-electron chi connectivity index (χ1n) is 16.4. The van der Waals surface area contributed by atoms with Gasteiger partial charge in [0.2, 0.25) is 11.8 Å². The van der Waals surface area contributed by atoms with Crippen LogP contribution in [0.1, 0.15) is 50.8 Å². The maximum absolute atomic E-state index is 15.1. The zero-order chi connectivity index (χ0) is 33.6. The topological polar surface area (TPSA) is 90.4 Å². The van der Waals surface area contributed by atoms with Crippen molar-refractivity contribution in [1.82, 2.24) is 9.80 Å². The first-order valence-corrected chi connectivity index (χ1v) is 16.4. The predicted molar refractivity (Wildman–Crippen MR) is 180 cm³/mol. The Morgan fingerprint density at radius 1 is 1.09 bits per heavy atom. The van der Waals surface area contributed by atoms with Crippen LogP contribution in [0, 0.1) is 37.5 Å². The van der Waals surface area contributed by atoms with Gasteiger partial charge in [-0.1, -0.05) is 75.4 Å². The SMILES string of the molecule is C=CCN(Cc1ccccc1)C(=O)[C@@H]1[C@H]2C(=O)N([C@@H](CO)C(C)C)C(C(=O)N(CC=C)c3cc(C)ccc3C)C23CC(C)[C@@]1(C)O3. The van der Waals surface area contributed by atoms with Crippen molar-refractivity contribution in [3.05, 3.63) is 90.5 Å². The number of aryl methyl sites for hydroxylation is 2. The van der Waals surface area contributed by atoms with Gasteiger partial charge in [-0.25, -0.2) is 0 Å². The Morgan fingerprint density at radius 3 is 2.37 bits per heavy atom. The molecule has 0 aliphatic carbocycles. The summed E-state index contributed by atoms with van der Waals surface area (Å²) in [5.74, 6) is -2.74. The van der Waals surface area contributed by atoms with Crippen molar-refractivity contribution in [2.45, 2.75) is 77.8 Å². The second kappa shape index (κ2) is 12.8. The first-order chi connectivity index (χ1) is 21.9. The Morgan fingerprint density at radius 2 is 1.76 bits per heavy atom. The molecule has 3 unspecified atom stereocenters. The van der Waals surface area contributed by atoms with Crippen LogP contribution >= 0.6 is 0 Å². The Kier molecular flexibility index (Phi) is 9.35. The van der Waals surface area contributed by atoms with E-state index in [1.54, 1.807) is 26.9 Å². The predicted octanol–water partition coefficient (Wildman–Crippen LogP) is 5.06. The van der Waals surface area contributed by atoms with E-state index in [0.29, 0.717) is 19.5 Å². The van der Waals surface area contributed by atoms with Crippen molar-refractivity contribution in [1.29, 1.82) is 0 Å². The maximum Gasteiger partial charge on any atom is 0.253 e. The summed E-state index contributed by atoms with van der Waals surface area (Å²) in [6.07, 6.45) is 3.83. The van der Waals surface area contributed by atoms with E-state index in [9.17, 15) is 14.7 Å². The lowest BCUT2D eigenvalue weighted by Crippen LogP contribution is -2.60. The van der Waals surface area contributed by atoms with Gasteiger partial charge < -0.3 is 24.5 Å². The average molecular weight is 628 g/mol. The van der Waals surface area contributed by atoms with E-state index in [0.717, 1.165) is 22.4 Å². The van der Waals surface area contributed by atoms with Crippen molar-refractivity contribution >= 4 is 23.4 Å². The summed E-state index contributed by atoms with van der Waals surface area (Å²) >= 11 is 0. The molecule has 2 aromatic rings. The van der Waals surface area contributed by atoms with Crippen LogP contribution in [0.2, 0.25) is 0 Å². The number of anilines is 1. The van der Waals surface area contributed by atoms with Crippen LogP contribution in [-0.4, -0.2) is 75.6 Å². The number of fused-ring (bicyclic) bond motifs is 1. The van der Waals surface area contributed by atoms with Gasteiger partial charge in [0.15, 0.2) is 0 Å². The van der Waals surface area contributed by atoms with Crippen LogP contribution in [0.3, 0.4) is 0 Å². The summed E-state index contributed by atoms with van der Waals surface area (Å²) < 4.78 is 7.03. The molecule has 8 heteroatoms. The largest absolute Gasteiger partial charge is 0.394 e. The molecule has 3 aliphatic rings. The van der Waals surface area contributed by atoms with Crippen molar-refractivity contribution < 1.29 is 24.2 Å². The molecular formula is C38H49N3O5. The summed E-state index contributed by atoms with van der Waals surface area (Å²) in [6.45, 7) is 20.2. The third kappa shape index (κ3) is 5.29. The normalized spacial score (nSPS) is 28.7. The number of benzene rings is 2. The highest BCUT2D eigenvalue weighted by Crippen LogP contribution is 2.66. The van der Waals surface area contributed by atoms with Crippen LogP contribution in [0.15, 0.2) is 73.8 Å². The van der Waals surface area contributed by atoms with Gasteiger partial charge in [0.05, 0.1) is 30.1 Å². The van der Waals surface area contributed by atoms with E-state index < -0.39 is 35.1 Å². The van der Waals surface area contributed by atoms with Gasteiger partial charge in [0, 0.05) is 25.3 Å². The molecule has 2 aromatic carbocycles. The lowest BCUT2D eigenvalue weighted by atomic mass is 9.62. The highest BCUT2D eigenvalue weighted by molar-refractivity contribution is 6.05. The van der Waals surface area contributed by atoms with Crippen LogP contribution in [0.5, 0.6) is 0 Å². The molecule has 5 rings (SSSR count). The van der Waals surface area contributed by atoms with Gasteiger partial charge in [-0.15, -0.1) is 13.2 Å². The second-order valence-electron chi connectivity index (χ2n) is 14.0. The lowest BCUT2D eigenvalue weighted by molar-refractivity contribution is -0.154. The zero-order valence-corrected chi connectivity index (χ0v) is 28.1. The van der Waals surface area contributed by atoms with Crippen LogP contribution in [0.4, 0.5) is 5.69 Å². The molecule has 1 spiro atoms. The van der Waals surface area contributed by atoms with Gasteiger partial charge in [-0.2, -0.15) is 0 Å². The fourth-order valence-corrected chi connectivity index (χ4v) is 8.29. The second-order valence-corrected chi connectivity index (χ2v) is 14.0. The van der Waals surface area contributed by atoms with Gasteiger partial charge in [0.1, 0.15) is 11.6 Å². The number of aliphatic hydroxyl groups is 1. The molecule has 0 aromatic heterocycles. The van der Waals surface area contributed by atoms with Crippen LogP contribution < -0.4 is 4.90 Å². The number of carbonyl (C=O) groups excluding carboxylic acids is 3. The Labute approximate surface area is 273 Å². The molecule has 3 fully saturated rings. The molecule has 246 valence electrons. The van der Waals surface area contributed by atoms with E-state index in [1.165, 1.54) is 0 Å². The molecule has 0 saturated carbocycles. The van der Waals surface area contributed by atoms with E-state index in [-0.39, 0.29) is 42.7 Å². The molecule has 1 N–H and O–H groups in total. The molecule has 0 radical (unpaired) electrons. The van der Waals surface area contributed by atoms with Gasteiger partial charge in [-0.05, 0) is 61.8 Å². The van der Waals surface area contributed by atoms with Crippen molar-refractivity contribution in [2.75, 3.05) is 24.6 Å². The summed E-state index contributed by atoms with van der Waals surface area (Å²) in [6, 6.07) is 14.0. The maximum atomic E-state index is 15.1.